The number of aryl methyl sites for hydroxylation is 1. The van der Waals surface area contributed by atoms with Gasteiger partial charge < -0.3 is 20.1 Å². The van der Waals surface area contributed by atoms with Crippen LogP contribution in [0.15, 0.2) is 35.6 Å². The van der Waals surface area contributed by atoms with E-state index in [4.69, 9.17) is 9.73 Å². The fourth-order valence-corrected chi connectivity index (χ4v) is 3.50. The van der Waals surface area contributed by atoms with E-state index in [1.54, 1.807) is 19.2 Å². The lowest BCUT2D eigenvalue weighted by atomic mass is 10.0. The van der Waals surface area contributed by atoms with Gasteiger partial charge in [-0.25, -0.2) is 4.99 Å². The number of halogens is 1. The zero-order chi connectivity index (χ0) is 19.2. The van der Waals surface area contributed by atoms with Gasteiger partial charge in [-0.05, 0) is 49.4 Å². The lowest BCUT2D eigenvalue weighted by Crippen LogP contribution is -2.40. The van der Waals surface area contributed by atoms with Gasteiger partial charge in [0.05, 0.1) is 19.9 Å². The third-order valence-corrected chi connectivity index (χ3v) is 4.89. The molecule has 28 heavy (non-hydrogen) atoms. The number of phenols is 1. The second-order valence-corrected chi connectivity index (χ2v) is 6.99. The largest absolute Gasteiger partial charge is 0.508 e. The molecule has 1 aliphatic heterocycles. The Kier molecular flexibility index (Phi) is 8.40. The van der Waals surface area contributed by atoms with Crippen LogP contribution < -0.4 is 10.1 Å². The molecule has 1 aliphatic rings. The number of hydrogen-bond donors (Lipinski definition) is 2. The number of nitrogens with zero attached hydrogens (tertiary/aromatic N) is 4. The van der Waals surface area contributed by atoms with Crippen LogP contribution in [0.5, 0.6) is 11.5 Å². The van der Waals surface area contributed by atoms with Gasteiger partial charge in [-0.15, -0.1) is 24.0 Å². The van der Waals surface area contributed by atoms with Gasteiger partial charge in [-0.1, -0.05) is 0 Å². The van der Waals surface area contributed by atoms with Crippen molar-refractivity contribution in [2.45, 2.75) is 26.3 Å². The summed E-state index contributed by atoms with van der Waals surface area (Å²) in [5.41, 5.74) is 2.04. The van der Waals surface area contributed by atoms with Crippen LogP contribution in [0.4, 0.5) is 0 Å². The van der Waals surface area contributed by atoms with Crippen molar-refractivity contribution in [1.82, 2.24) is 20.0 Å². The maximum Gasteiger partial charge on any atom is 0.194 e. The van der Waals surface area contributed by atoms with Gasteiger partial charge in [-0.3, -0.25) is 4.68 Å². The van der Waals surface area contributed by atoms with Gasteiger partial charge in [-0.2, -0.15) is 5.10 Å². The van der Waals surface area contributed by atoms with Gasteiger partial charge in [0.15, 0.2) is 5.96 Å². The Morgan fingerprint density at radius 2 is 2.25 bits per heavy atom. The average Bonchev–Trinajstić information content (AvgIpc) is 3.29. The minimum Gasteiger partial charge on any atom is -0.508 e. The summed E-state index contributed by atoms with van der Waals surface area (Å²) in [6, 6.07) is 5.23. The lowest BCUT2D eigenvalue weighted by Gasteiger charge is -2.21. The molecule has 1 aromatic heterocycles. The fourth-order valence-electron chi connectivity index (χ4n) is 3.50. The molecule has 2 heterocycles. The molecule has 8 heteroatoms. The summed E-state index contributed by atoms with van der Waals surface area (Å²) in [6.45, 7) is 5.26. The van der Waals surface area contributed by atoms with Gasteiger partial charge in [0, 0.05) is 38.4 Å². The highest BCUT2D eigenvalue weighted by Crippen LogP contribution is 2.24. The SMILES string of the molecule is CCNC(=NCc1cc(OC)ccc1O)N1CCC(Cc2cnn(C)c2)C1.I. The number of ether oxygens (including phenoxy) is 1. The first kappa shape index (κ1) is 22.3. The topological polar surface area (TPSA) is 74.9 Å². The molecule has 3 rings (SSSR count). The first-order valence-corrected chi connectivity index (χ1v) is 9.45. The van der Waals surface area contributed by atoms with Gasteiger partial charge in [0.1, 0.15) is 11.5 Å². The maximum absolute atomic E-state index is 10.1. The number of rotatable bonds is 6. The van der Waals surface area contributed by atoms with Gasteiger partial charge in [0.2, 0.25) is 0 Å². The van der Waals surface area contributed by atoms with Crippen molar-refractivity contribution in [3.05, 3.63) is 41.7 Å². The molecule has 1 aromatic carbocycles. The van der Waals surface area contributed by atoms with Crippen LogP contribution in [-0.2, 0) is 20.0 Å². The normalized spacial score (nSPS) is 16.8. The molecule has 2 N–H and O–H groups in total. The summed E-state index contributed by atoms with van der Waals surface area (Å²) in [4.78, 5) is 7.05. The first-order chi connectivity index (χ1) is 13.1. The number of aromatic nitrogens is 2. The van der Waals surface area contributed by atoms with E-state index in [0.29, 0.717) is 12.5 Å². The van der Waals surface area contributed by atoms with E-state index in [2.05, 4.69) is 28.4 Å². The van der Waals surface area contributed by atoms with Crippen LogP contribution in [0.25, 0.3) is 0 Å². The average molecular weight is 499 g/mol. The van der Waals surface area contributed by atoms with E-state index in [1.165, 1.54) is 5.56 Å². The Bertz CT molecular complexity index is 793. The van der Waals surface area contributed by atoms with E-state index < -0.39 is 0 Å². The number of nitrogens with one attached hydrogen (secondary N) is 1. The summed E-state index contributed by atoms with van der Waals surface area (Å²) in [5.74, 6) is 2.46. The van der Waals surface area contributed by atoms with E-state index in [1.807, 2.05) is 24.0 Å². The molecule has 1 fully saturated rings. The molecular weight excluding hydrogens is 469 g/mol. The van der Waals surface area contributed by atoms with Crippen molar-refractivity contribution in [3.8, 4) is 11.5 Å². The zero-order valence-corrected chi connectivity index (χ0v) is 19.1. The van der Waals surface area contributed by atoms with Crippen LogP contribution in [0.2, 0.25) is 0 Å². The minimum absolute atomic E-state index is 0. The standard InChI is InChI=1S/C20H29N5O2.HI/c1-4-21-20(22-12-17-10-18(27-3)5-6-19(17)26)25-8-7-15(14-25)9-16-11-23-24(2)13-16;/h5-6,10-11,13,15,26H,4,7-9,12,14H2,1-3H3,(H,21,22);1H. The molecule has 0 spiro atoms. The Labute approximate surface area is 183 Å². The van der Waals surface area contributed by atoms with Crippen LogP contribution in [0.3, 0.4) is 0 Å². The molecule has 0 amide bonds. The number of benzene rings is 1. The predicted octanol–water partition coefficient (Wildman–Crippen LogP) is 2.78. The zero-order valence-electron chi connectivity index (χ0n) is 16.8. The van der Waals surface area contributed by atoms with Crippen molar-refractivity contribution in [3.63, 3.8) is 0 Å². The van der Waals surface area contributed by atoms with Crippen molar-refractivity contribution >= 4 is 29.9 Å². The first-order valence-electron chi connectivity index (χ1n) is 9.45. The third-order valence-electron chi connectivity index (χ3n) is 4.89. The van der Waals surface area contributed by atoms with Crippen molar-refractivity contribution < 1.29 is 9.84 Å². The number of methoxy groups -OCH3 is 1. The van der Waals surface area contributed by atoms with Crippen LogP contribution >= 0.6 is 24.0 Å². The second-order valence-electron chi connectivity index (χ2n) is 6.99. The highest BCUT2D eigenvalue weighted by Gasteiger charge is 2.25. The third kappa shape index (κ3) is 5.76. The number of guanidine groups is 1. The van der Waals surface area contributed by atoms with Crippen LogP contribution in [-0.4, -0.2) is 52.5 Å². The Hall–Kier alpha value is -1.97. The molecule has 1 atom stereocenters. The molecule has 1 unspecified atom stereocenters. The quantitative estimate of drug-likeness (QED) is 0.364. The summed E-state index contributed by atoms with van der Waals surface area (Å²) < 4.78 is 7.10. The summed E-state index contributed by atoms with van der Waals surface area (Å²) >= 11 is 0. The molecule has 7 nitrogen and oxygen atoms in total. The Morgan fingerprint density at radius 1 is 1.43 bits per heavy atom. The van der Waals surface area contributed by atoms with Gasteiger partial charge >= 0.3 is 0 Å². The van der Waals surface area contributed by atoms with Crippen LogP contribution in [0, 0.1) is 5.92 Å². The summed E-state index contributed by atoms with van der Waals surface area (Å²) in [7, 11) is 3.57. The number of aromatic hydroxyl groups is 1. The summed E-state index contributed by atoms with van der Waals surface area (Å²) in [5, 5.41) is 17.7. The van der Waals surface area contributed by atoms with Gasteiger partial charge in [0.25, 0.3) is 0 Å². The molecule has 154 valence electrons. The molecule has 1 saturated heterocycles. The number of aliphatic imine (C=N–C) groups is 1. The number of phenolic OH excluding ortho intramolecular Hbond substituents is 1. The number of likely N-dealkylation sites (tertiary alicyclic amines) is 1. The molecule has 0 aliphatic carbocycles. The second kappa shape index (κ2) is 10.5. The van der Waals surface area contributed by atoms with Crippen molar-refractivity contribution in [1.29, 1.82) is 0 Å². The molecule has 0 bridgehead atoms. The van der Waals surface area contributed by atoms with Crippen molar-refractivity contribution in [2.24, 2.45) is 18.0 Å². The Balaban J connectivity index is 0.00000280. The highest BCUT2D eigenvalue weighted by atomic mass is 127. The van der Waals surface area contributed by atoms with Crippen LogP contribution in [0.1, 0.15) is 24.5 Å². The Morgan fingerprint density at radius 3 is 2.93 bits per heavy atom. The van der Waals surface area contributed by atoms with E-state index in [-0.39, 0.29) is 29.7 Å². The molecule has 2 aromatic rings. The highest BCUT2D eigenvalue weighted by molar-refractivity contribution is 14.0. The lowest BCUT2D eigenvalue weighted by molar-refractivity contribution is 0.410. The smallest absolute Gasteiger partial charge is 0.194 e. The molecular formula is C20H30IN5O2. The van der Waals surface area contributed by atoms with Crippen molar-refractivity contribution in [2.75, 3.05) is 26.7 Å². The number of hydrogen-bond acceptors (Lipinski definition) is 4. The van der Waals surface area contributed by atoms with E-state index in [9.17, 15) is 5.11 Å². The monoisotopic (exact) mass is 499 g/mol. The van der Waals surface area contributed by atoms with E-state index >= 15 is 0 Å². The van der Waals surface area contributed by atoms with E-state index in [0.717, 1.165) is 49.7 Å². The summed E-state index contributed by atoms with van der Waals surface area (Å²) in [6.07, 6.45) is 6.23. The fraction of sp³-hybridized carbons (Fsp3) is 0.500. The molecule has 0 saturated carbocycles. The minimum atomic E-state index is 0. The molecule has 0 radical (unpaired) electrons. The maximum atomic E-state index is 10.1. The predicted molar refractivity (Wildman–Crippen MR) is 121 cm³/mol.